The van der Waals surface area contributed by atoms with E-state index in [9.17, 15) is 0 Å². The van der Waals surface area contributed by atoms with E-state index in [0.29, 0.717) is 11.8 Å². The van der Waals surface area contributed by atoms with E-state index in [1.54, 1.807) is 0 Å². The molecule has 1 nitrogen and oxygen atoms in total. The third-order valence-electron chi connectivity index (χ3n) is 3.87. The van der Waals surface area contributed by atoms with E-state index in [-0.39, 0.29) is 0 Å². The highest BCUT2D eigenvalue weighted by Crippen LogP contribution is 2.21. The first-order valence-corrected chi connectivity index (χ1v) is 9.45. The summed E-state index contributed by atoms with van der Waals surface area (Å²) in [6.07, 6.45) is 5.11. The Bertz CT molecular complexity index is 358. The summed E-state index contributed by atoms with van der Waals surface area (Å²) in [5.41, 5.74) is 1.29. The van der Waals surface area contributed by atoms with Crippen molar-refractivity contribution in [3.63, 3.8) is 0 Å². The summed E-state index contributed by atoms with van der Waals surface area (Å²) < 4.78 is 5.95. The van der Waals surface area contributed by atoms with Gasteiger partial charge in [0.25, 0.3) is 0 Å². The monoisotopic (exact) mass is 308 g/mol. The normalized spacial score (nSPS) is 12.8. The smallest absolute Gasteiger partial charge is 0.0717 e. The largest absolute Gasteiger partial charge is 0.376 e. The number of ether oxygens (including phenoxy) is 1. The molecular formula is C19H32OS. The van der Waals surface area contributed by atoms with Crippen LogP contribution in [0.5, 0.6) is 0 Å². The molecule has 1 atom stereocenters. The van der Waals surface area contributed by atoms with Crippen molar-refractivity contribution in [2.24, 2.45) is 11.8 Å². The van der Waals surface area contributed by atoms with Crippen LogP contribution in [0.4, 0.5) is 0 Å². The van der Waals surface area contributed by atoms with Gasteiger partial charge in [0.2, 0.25) is 0 Å². The molecule has 0 aliphatic carbocycles. The summed E-state index contributed by atoms with van der Waals surface area (Å²) in [6, 6.07) is 8.84. The molecule has 0 amide bonds. The second-order valence-electron chi connectivity index (χ2n) is 6.15. The number of unbranched alkanes of at least 4 members (excludes halogenated alkanes) is 1. The Hall–Kier alpha value is -0.470. The van der Waals surface area contributed by atoms with Crippen LogP contribution in [0.3, 0.4) is 0 Å². The Morgan fingerprint density at radius 2 is 1.76 bits per heavy atom. The van der Waals surface area contributed by atoms with Crippen LogP contribution in [-0.2, 0) is 11.3 Å². The molecule has 1 unspecified atom stereocenters. The van der Waals surface area contributed by atoms with Gasteiger partial charge in [-0.3, -0.25) is 0 Å². The summed E-state index contributed by atoms with van der Waals surface area (Å²) in [7, 11) is 0. The maximum atomic E-state index is 5.95. The Morgan fingerprint density at radius 3 is 2.33 bits per heavy atom. The first-order chi connectivity index (χ1) is 10.2. The Labute approximate surface area is 135 Å². The van der Waals surface area contributed by atoms with E-state index in [4.69, 9.17) is 4.74 Å². The van der Waals surface area contributed by atoms with Crippen molar-refractivity contribution in [2.75, 3.05) is 12.4 Å². The van der Waals surface area contributed by atoms with Crippen molar-refractivity contribution < 1.29 is 4.74 Å². The van der Waals surface area contributed by atoms with Crippen molar-refractivity contribution in [1.29, 1.82) is 0 Å². The van der Waals surface area contributed by atoms with Gasteiger partial charge < -0.3 is 4.74 Å². The third kappa shape index (κ3) is 7.92. The standard InChI is InChI=1S/C19H32OS/c1-5-7-8-18(16(3)4)15-20-14-17-9-11-19(12-10-17)21-13-6-2/h9-12,16,18H,5-8,13-15H2,1-4H3. The molecule has 120 valence electrons. The lowest BCUT2D eigenvalue weighted by Gasteiger charge is -2.20. The van der Waals surface area contributed by atoms with Gasteiger partial charge in [-0.15, -0.1) is 11.8 Å². The minimum Gasteiger partial charge on any atom is -0.376 e. The average molecular weight is 309 g/mol. The maximum absolute atomic E-state index is 5.95. The van der Waals surface area contributed by atoms with E-state index in [1.165, 1.54) is 41.9 Å². The number of thioether (sulfide) groups is 1. The molecule has 0 saturated carbocycles. The van der Waals surface area contributed by atoms with E-state index >= 15 is 0 Å². The molecule has 0 N–H and O–H groups in total. The predicted molar refractivity (Wildman–Crippen MR) is 95.0 cm³/mol. The van der Waals surface area contributed by atoms with Crippen LogP contribution in [-0.4, -0.2) is 12.4 Å². The molecule has 1 aromatic carbocycles. The number of rotatable bonds is 11. The molecule has 0 radical (unpaired) electrons. The maximum Gasteiger partial charge on any atom is 0.0717 e. The first kappa shape index (κ1) is 18.6. The van der Waals surface area contributed by atoms with Gasteiger partial charge in [-0.1, -0.05) is 52.7 Å². The Morgan fingerprint density at radius 1 is 1.05 bits per heavy atom. The van der Waals surface area contributed by atoms with Gasteiger partial charge >= 0.3 is 0 Å². The molecule has 0 aromatic heterocycles. The van der Waals surface area contributed by atoms with Gasteiger partial charge in [-0.2, -0.15) is 0 Å². The summed E-state index contributed by atoms with van der Waals surface area (Å²) >= 11 is 1.93. The lowest BCUT2D eigenvalue weighted by Crippen LogP contribution is -2.16. The van der Waals surface area contributed by atoms with Crippen LogP contribution in [0, 0.1) is 11.8 Å². The molecule has 0 aliphatic heterocycles. The molecule has 0 aliphatic rings. The molecule has 1 aromatic rings. The second-order valence-corrected chi connectivity index (χ2v) is 7.32. The van der Waals surface area contributed by atoms with Crippen molar-refractivity contribution >= 4 is 11.8 Å². The average Bonchev–Trinajstić information content (AvgIpc) is 2.49. The van der Waals surface area contributed by atoms with Crippen LogP contribution >= 0.6 is 11.8 Å². The first-order valence-electron chi connectivity index (χ1n) is 8.46. The van der Waals surface area contributed by atoms with Crippen molar-refractivity contribution in [3.8, 4) is 0 Å². The second kappa shape index (κ2) is 11.1. The topological polar surface area (TPSA) is 9.23 Å². The van der Waals surface area contributed by atoms with Crippen molar-refractivity contribution in [1.82, 2.24) is 0 Å². The lowest BCUT2D eigenvalue weighted by molar-refractivity contribution is 0.0673. The predicted octanol–water partition coefficient (Wildman–Crippen LogP) is 6.17. The molecule has 2 heteroatoms. The molecule has 0 bridgehead atoms. The summed E-state index contributed by atoms with van der Waals surface area (Å²) in [4.78, 5) is 1.36. The van der Waals surface area contributed by atoms with Crippen LogP contribution in [0.15, 0.2) is 29.2 Å². The van der Waals surface area contributed by atoms with E-state index in [2.05, 4.69) is 52.0 Å². The number of hydrogen-bond acceptors (Lipinski definition) is 2. The zero-order valence-electron chi connectivity index (χ0n) is 14.2. The fourth-order valence-corrected chi connectivity index (χ4v) is 3.07. The zero-order chi connectivity index (χ0) is 15.5. The van der Waals surface area contributed by atoms with Gasteiger partial charge in [0.1, 0.15) is 0 Å². The minimum absolute atomic E-state index is 0.698. The number of hydrogen-bond donors (Lipinski definition) is 0. The molecular weight excluding hydrogens is 276 g/mol. The highest BCUT2D eigenvalue weighted by Gasteiger charge is 2.12. The fourth-order valence-electron chi connectivity index (χ4n) is 2.31. The SMILES string of the molecule is CCCCC(COCc1ccc(SCCC)cc1)C(C)C. The van der Waals surface area contributed by atoms with E-state index in [1.807, 2.05) is 11.8 Å². The molecule has 0 saturated heterocycles. The summed E-state index contributed by atoms with van der Waals surface area (Å²) in [5.74, 6) is 2.61. The quantitative estimate of drug-likeness (QED) is 0.452. The van der Waals surface area contributed by atoms with Gasteiger partial charge in [-0.05, 0) is 48.1 Å². The van der Waals surface area contributed by atoms with Crippen LogP contribution in [0.1, 0.15) is 58.9 Å². The van der Waals surface area contributed by atoms with E-state index in [0.717, 1.165) is 13.2 Å². The summed E-state index contributed by atoms with van der Waals surface area (Å²) in [6.45, 7) is 10.7. The number of benzene rings is 1. The lowest BCUT2D eigenvalue weighted by atomic mass is 9.91. The summed E-state index contributed by atoms with van der Waals surface area (Å²) in [5, 5.41) is 0. The van der Waals surface area contributed by atoms with Crippen molar-refractivity contribution in [3.05, 3.63) is 29.8 Å². The van der Waals surface area contributed by atoms with Gasteiger partial charge in [0, 0.05) is 4.90 Å². The molecule has 0 heterocycles. The highest BCUT2D eigenvalue weighted by molar-refractivity contribution is 7.99. The Kier molecular flexibility index (Phi) is 9.86. The molecule has 21 heavy (non-hydrogen) atoms. The third-order valence-corrected chi connectivity index (χ3v) is 5.09. The molecule has 0 fully saturated rings. The zero-order valence-corrected chi connectivity index (χ0v) is 15.0. The van der Waals surface area contributed by atoms with Crippen LogP contribution in [0.2, 0.25) is 0 Å². The van der Waals surface area contributed by atoms with Gasteiger partial charge in [0.15, 0.2) is 0 Å². The molecule has 1 rings (SSSR count). The highest BCUT2D eigenvalue weighted by atomic mass is 32.2. The molecule has 0 spiro atoms. The minimum atomic E-state index is 0.698. The fraction of sp³-hybridized carbons (Fsp3) is 0.684. The van der Waals surface area contributed by atoms with Crippen LogP contribution < -0.4 is 0 Å². The Balaban J connectivity index is 2.33. The van der Waals surface area contributed by atoms with E-state index < -0.39 is 0 Å². The van der Waals surface area contributed by atoms with Crippen LogP contribution in [0.25, 0.3) is 0 Å². The van der Waals surface area contributed by atoms with Gasteiger partial charge in [-0.25, -0.2) is 0 Å². The van der Waals surface area contributed by atoms with Gasteiger partial charge in [0.05, 0.1) is 13.2 Å². The van der Waals surface area contributed by atoms with Crippen molar-refractivity contribution in [2.45, 2.75) is 64.9 Å².